The Balaban J connectivity index is 1.37. The molecular weight excluding hydrogens is 432 g/mol. The summed E-state index contributed by atoms with van der Waals surface area (Å²) in [5, 5.41) is -1.28. The first-order valence-corrected chi connectivity index (χ1v) is 10.2. The number of esters is 1. The number of benzene rings is 3. The minimum atomic E-state index is -3.22. The van der Waals surface area contributed by atoms with E-state index in [-0.39, 0.29) is 12.4 Å². The molecule has 1 aliphatic carbocycles. The topological polar surface area (TPSA) is 35.5 Å². The number of carbonyl (C=O) groups is 1. The van der Waals surface area contributed by atoms with Crippen molar-refractivity contribution in [1.29, 1.82) is 0 Å². The molecule has 2 unspecified atom stereocenters. The molecule has 0 amide bonds. The molecule has 0 spiro atoms. The summed E-state index contributed by atoms with van der Waals surface area (Å²) in [6.45, 7) is -0.301. The minimum Gasteiger partial charge on any atom is -0.460 e. The third-order valence-electron chi connectivity index (χ3n) is 4.67. The van der Waals surface area contributed by atoms with Crippen LogP contribution in [0, 0.1) is 17.6 Å². The molecule has 8 heteroatoms. The number of rotatable bonds is 7. The quantitative estimate of drug-likeness (QED) is 0.317. The number of carbonyl (C=O) groups excluding carboxylic acids is 1. The van der Waals surface area contributed by atoms with Crippen molar-refractivity contribution in [3.63, 3.8) is 0 Å². The van der Waals surface area contributed by atoms with Crippen molar-refractivity contribution in [1.82, 2.24) is 0 Å². The lowest BCUT2D eigenvalue weighted by molar-refractivity contribution is -0.148. The molecule has 4 rings (SSSR count). The van der Waals surface area contributed by atoms with Gasteiger partial charge in [-0.3, -0.25) is 4.79 Å². The fourth-order valence-electron chi connectivity index (χ4n) is 2.96. The van der Waals surface area contributed by atoms with Crippen molar-refractivity contribution in [3.05, 3.63) is 90.0 Å². The molecule has 1 fully saturated rings. The molecule has 0 heterocycles. The van der Waals surface area contributed by atoms with Gasteiger partial charge in [0.25, 0.3) is 5.92 Å². The van der Waals surface area contributed by atoms with Gasteiger partial charge in [-0.25, -0.2) is 17.6 Å². The number of para-hydroxylation sites is 1. The number of ether oxygens (including phenoxy) is 2. The molecule has 0 saturated heterocycles. The molecule has 0 aromatic heterocycles. The lowest BCUT2D eigenvalue weighted by Crippen LogP contribution is -2.12. The Morgan fingerprint density at radius 1 is 0.968 bits per heavy atom. The zero-order chi connectivity index (χ0) is 22.0. The molecule has 31 heavy (non-hydrogen) atoms. The summed E-state index contributed by atoms with van der Waals surface area (Å²) < 4.78 is 65.7. The van der Waals surface area contributed by atoms with Gasteiger partial charge in [0, 0.05) is 4.90 Å². The van der Waals surface area contributed by atoms with E-state index in [1.54, 1.807) is 30.3 Å². The van der Waals surface area contributed by atoms with E-state index in [9.17, 15) is 22.4 Å². The van der Waals surface area contributed by atoms with E-state index in [1.807, 2.05) is 0 Å². The maximum absolute atomic E-state index is 14.1. The molecule has 0 N–H and O–H groups in total. The molecule has 1 saturated carbocycles. The molecule has 0 radical (unpaired) electrons. The summed E-state index contributed by atoms with van der Waals surface area (Å²) >= 11 is 0.802. The van der Waals surface area contributed by atoms with Gasteiger partial charge in [0.05, 0.1) is 5.25 Å². The van der Waals surface area contributed by atoms with E-state index in [2.05, 4.69) is 0 Å². The van der Waals surface area contributed by atoms with Gasteiger partial charge in [-0.15, -0.1) is 11.8 Å². The molecule has 3 aromatic rings. The summed E-state index contributed by atoms with van der Waals surface area (Å²) in [6.07, 6.45) is 0. The Morgan fingerprint density at radius 2 is 1.68 bits per heavy atom. The zero-order valence-electron chi connectivity index (χ0n) is 15.9. The molecule has 2 atom stereocenters. The second-order valence-electron chi connectivity index (χ2n) is 6.93. The molecule has 160 valence electrons. The van der Waals surface area contributed by atoms with Crippen molar-refractivity contribution in [2.75, 3.05) is 0 Å². The van der Waals surface area contributed by atoms with Crippen LogP contribution in [0.1, 0.15) is 5.56 Å². The van der Waals surface area contributed by atoms with Gasteiger partial charge in [-0.2, -0.15) is 0 Å². The normalized spacial score (nSPS) is 19.0. The molecule has 0 aliphatic heterocycles. The number of alkyl halides is 2. The van der Waals surface area contributed by atoms with Gasteiger partial charge in [0.15, 0.2) is 11.6 Å². The van der Waals surface area contributed by atoms with Crippen molar-refractivity contribution >= 4 is 17.7 Å². The van der Waals surface area contributed by atoms with Crippen molar-refractivity contribution in [3.8, 4) is 11.5 Å². The molecule has 0 bridgehead atoms. The largest absolute Gasteiger partial charge is 0.460 e. The minimum absolute atomic E-state index is 0.0683. The average Bonchev–Trinajstić information content (AvgIpc) is 3.30. The van der Waals surface area contributed by atoms with E-state index in [0.29, 0.717) is 16.2 Å². The van der Waals surface area contributed by atoms with Gasteiger partial charge >= 0.3 is 5.97 Å². The summed E-state index contributed by atoms with van der Waals surface area (Å²) in [7, 11) is 0. The molecular formula is C23H16F4O3S. The highest BCUT2D eigenvalue weighted by molar-refractivity contribution is 8.00. The monoisotopic (exact) mass is 448 g/mol. The number of halogens is 4. The van der Waals surface area contributed by atoms with Crippen LogP contribution < -0.4 is 4.74 Å². The Hall–Kier alpha value is -3.00. The second kappa shape index (κ2) is 8.63. The summed E-state index contributed by atoms with van der Waals surface area (Å²) in [5.41, 5.74) is 0.396. The van der Waals surface area contributed by atoms with Gasteiger partial charge < -0.3 is 9.47 Å². The summed E-state index contributed by atoms with van der Waals surface area (Å²) in [4.78, 5) is 12.6. The predicted molar refractivity (Wildman–Crippen MR) is 107 cm³/mol. The standard InChI is InChI=1S/C23H16F4O3S/c24-15-7-9-17(10-8-15)31-21-20(23(21,26)27)22(28)29-13-14-6-11-18(25)19(12-14)30-16-4-2-1-3-5-16/h1-12,20-21H,13H2. The van der Waals surface area contributed by atoms with Gasteiger partial charge in [-0.1, -0.05) is 24.3 Å². The highest BCUT2D eigenvalue weighted by Crippen LogP contribution is 2.58. The first kappa shape index (κ1) is 21.2. The lowest BCUT2D eigenvalue weighted by Gasteiger charge is -2.09. The van der Waals surface area contributed by atoms with E-state index in [1.165, 1.54) is 36.4 Å². The van der Waals surface area contributed by atoms with E-state index >= 15 is 0 Å². The summed E-state index contributed by atoms with van der Waals surface area (Å²) in [6, 6.07) is 17.5. The first-order valence-electron chi connectivity index (χ1n) is 9.32. The Bertz CT molecular complexity index is 1070. The van der Waals surface area contributed by atoms with Crippen LogP contribution in [0.5, 0.6) is 11.5 Å². The zero-order valence-corrected chi connectivity index (χ0v) is 16.8. The van der Waals surface area contributed by atoms with Crippen LogP contribution in [-0.2, 0) is 16.1 Å². The maximum atomic E-state index is 14.1. The first-order chi connectivity index (χ1) is 14.8. The van der Waals surface area contributed by atoms with Gasteiger partial charge in [0.2, 0.25) is 0 Å². The molecule has 3 nitrogen and oxygen atoms in total. The maximum Gasteiger partial charge on any atom is 0.316 e. The average molecular weight is 448 g/mol. The summed E-state index contributed by atoms with van der Waals surface area (Å²) in [5.74, 6) is -6.58. The lowest BCUT2D eigenvalue weighted by atomic mass is 10.2. The van der Waals surface area contributed by atoms with Crippen molar-refractivity contribution in [2.45, 2.75) is 22.7 Å². The Morgan fingerprint density at radius 3 is 2.39 bits per heavy atom. The van der Waals surface area contributed by atoms with Crippen LogP contribution in [-0.4, -0.2) is 17.1 Å². The van der Waals surface area contributed by atoms with E-state index < -0.39 is 34.7 Å². The van der Waals surface area contributed by atoms with Crippen LogP contribution in [0.25, 0.3) is 0 Å². The molecule has 1 aliphatic rings. The van der Waals surface area contributed by atoms with Crippen LogP contribution in [0.2, 0.25) is 0 Å². The fourth-order valence-corrected chi connectivity index (χ4v) is 4.20. The fraction of sp³-hybridized carbons (Fsp3) is 0.174. The predicted octanol–water partition coefficient (Wildman–Crippen LogP) is 6.23. The van der Waals surface area contributed by atoms with Gasteiger partial charge in [-0.05, 0) is 54.1 Å². The van der Waals surface area contributed by atoms with Crippen molar-refractivity contribution in [2.24, 2.45) is 5.92 Å². The van der Waals surface area contributed by atoms with Crippen LogP contribution >= 0.6 is 11.8 Å². The third kappa shape index (κ3) is 4.85. The highest BCUT2D eigenvalue weighted by atomic mass is 32.2. The van der Waals surface area contributed by atoms with E-state index in [0.717, 1.165) is 17.8 Å². The third-order valence-corrected chi connectivity index (χ3v) is 6.05. The van der Waals surface area contributed by atoms with Crippen LogP contribution in [0.3, 0.4) is 0 Å². The van der Waals surface area contributed by atoms with Crippen LogP contribution in [0.4, 0.5) is 17.6 Å². The van der Waals surface area contributed by atoms with Gasteiger partial charge in [0.1, 0.15) is 24.1 Å². The number of hydrogen-bond acceptors (Lipinski definition) is 4. The Kier molecular flexibility index (Phi) is 5.91. The van der Waals surface area contributed by atoms with E-state index in [4.69, 9.17) is 9.47 Å². The van der Waals surface area contributed by atoms with Crippen LogP contribution in [0.15, 0.2) is 77.7 Å². The Labute approximate surface area is 180 Å². The van der Waals surface area contributed by atoms with Crippen molar-refractivity contribution < 1.29 is 31.8 Å². The second-order valence-corrected chi connectivity index (χ2v) is 8.15. The number of hydrogen-bond donors (Lipinski definition) is 0. The molecule has 3 aromatic carbocycles. The SMILES string of the molecule is O=C(OCc1ccc(F)c(Oc2ccccc2)c1)C1C(Sc2ccc(F)cc2)C1(F)F. The smallest absolute Gasteiger partial charge is 0.316 e. The number of thioether (sulfide) groups is 1. The highest BCUT2D eigenvalue weighted by Gasteiger charge is 2.73.